The van der Waals surface area contributed by atoms with E-state index in [2.05, 4.69) is 11.2 Å². The summed E-state index contributed by atoms with van der Waals surface area (Å²) >= 11 is 0. The highest BCUT2D eigenvalue weighted by atomic mass is 19.4. The molecule has 0 radical (unpaired) electrons. The van der Waals surface area contributed by atoms with Crippen molar-refractivity contribution in [3.05, 3.63) is 48.0 Å². The summed E-state index contributed by atoms with van der Waals surface area (Å²) < 4.78 is 38.8. The maximum atomic E-state index is 12.9. The summed E-state index contributed by atoms with van der Waals surface area (Å²) in [5, 5.41) is 4.55. The van der Waals surface area contributed by atoms with Crippen molar-refractivity contribution in [2.45, 2.75) is 31.6 Å². The van der Waals surface area contributed by atoms with Crippen LogP contribution in [0.3, 0.4) is 0 Å². The van der Waals surface area contributed by atoms with Crippen LogP contribution in [-0.2, 0) is 0 Å². The molecule has 21 heavy (non-hydrogen) atoms. The Bertz CT molecular complexity index is 650. The van der Waals surface area contributed by atoms with Crippen molar-refractivity contribution in [2.24, 2.45) is 0 Å². The van der Waals surface area contributed by atoms with Crippen molar-refractivity contribution >= 4 is 10.8 Å². The molecule has 0 aliphatic rings. The summed E-state index contributed by atoms with van der Waals surface area (Å²) in [5.41, 5.74) is 0.833. The third kappa shape index (κ3) is 3.56. The minimum Gasteiger partial charge on any atom is -0.299 e. The first-order valence-electron chi connectivity index (χ1n) is 6.67. The topological polar surface area (TPSA) is 12.0 Å². The van der Waals surface area contributed by atoms with Gasteiger partial charge in [0.25, 0.3) is 0 Å². The van der Waals surface area contributed by atoms with Crippen molar-refractivity contribution in [1.82, 2.24) is 5.32 Å². The number of terminal acetylenes is 1. The van der Waals surface area contributed by atoms with Gasteiger partial charge in [-0.1, -0.05) is 42.5 Å². The van der Waals surface area contributed by atoms with Crippen LogP contribution in [0, 0.1) is 12.3 Å². The first-order chi connectivity index (χ1) is 9.93. The third-order valence-electron chi connectivity index (χ3n) is 3.46. The second kappa shape index (κ2) is 6.19. The minimum atomic E-state index is -4.36. The fourth-order valence-electron chi connectivity index (χ4n) is 2.41. The lowest BCUT2D eigenvalue weighted by Crippen LogP contribution is -2.43. The van der Waals surface area contributed by atoms with E-state index in [1.54, 1.807) is 6.92 Å². The monoisotopic (exact) mass is 291 g/mol. The number of fused-ring (bicyclic) bond motifs is 1. The standard InChI is InChI=1S/C17H16F3N/c1-3-7-16(17(18,19)20)21-12(2)14-11-6-9-13-8-4-5-10-15(13)14/h1,4-6,8-12,16,21H,7H2,2H3/t12-,16?/m1/s1. The Morgan fingerprint density at radius 1 is 1.14 bits per heavy atom. The van der Waals surface area contributed by atoms with Crippen LogP contribution in [-0.4, -0.2) is 12.2 Å². The average Bonchev–Trinajstić information content (AvgIpc) is 2.45. The van der Waals surface area contributed by atoms with E-state index in [1.807, 2.05) is 42.5 Å². The zero-order valence-corrected chi connectivity index (χ0v) is 11.6. The van der Waals surface area contributed by atoms with E-state index < -0.39 is 18.3 Å². The molecule has 0 saturated heterocycles. The highest BCUT2D eigenvalue weighted by Crippen LogP contribution is 2.28. The van der Waals surface area contributed by atoms with Crippen LogP contribution in [0.2, 0.25) is 0 Å². The van der Waals surface area contributed by atoms with Crippen LogP contribution in [0.25, 0.3) is 10.8 Å². The number of nitrogens with one attached hydrogen (secondary N) is 1. The molecule has 2 atom stereocenters. The van der Waals surface area contributed by atoms with Gasteiger partial charge in [-0.05, 0) is 23.3 Å². The van der Waals surface area contributed by atoms with Gasteiger partial charge in [0.2, 0.25) is 0 Å². The maximum absolute atomic E-state index is 12.9. The minimum absolute atomic E-state index is 0.376. The molecule has 0 aromatic heterocycles. The number of alkyl halides is 3. The maximum Gasteiger partial charge on any atom is 0.404 e. The average molecular weight is 291 g/mol. The summed E-state index contributed by atoms with van der Waals surface area (Å²) in [7, 11) is 0. The Morgan fingerprint density at radius 3 is 2.48 bits per heavy atom. The SMILES string of the molecule is C#CCC(N[C@H](C)c1cccc2ccccc12)C(F)(F)F. The molecule has 0 bridgehead atoms. The lowest BCUT2D eigenvalue weighted by molar-refractivity contribution is -0.156. The number of halogens is 3. The van der Waals surface area contributed by atoms with Gasteiger partial charge in [-0.2, -0.15) is 13.2 Å². The molecule has 0 aliphatic heterocycles. The van der Waals surface area contributed by atoms with Gasteiger partial charge >= 0.3 is 6.18 Å². The highest BCUT2D eigenvalue weighted by Gasteiger charge is 2.39. The van der Waals surface area contributed by atoms with Gasteiger partial charge in [0, 0.05) is 12.5 Å². The molecule has 2 aromatic carbocycles. The van der Waals surface area contributed by atoms with Gasteiger partial charge in [0.15, 0.2) is 0 Å². The van der Waals surface area contributed by atoms with Gasteiger partial charge < -0.3 is 0 Å². The highest BCUT2D eigenvalue weighted by molar-refractivity contribution is 5.86. The van der Waals surface area contributed by atoms with Crippen LogP contribution >= 0.6 is 0 Å². The molecule has 1 nitrogen and oxygen atoms in total. The smallest absolute Gasteiger partial charge is 0.299 e. The molecule has 0 fully saturated rings. The van der Waals surface area contributed by atoms with Crippen LogP contribution in [0.1, 0.15) is 24.9 Å². The third-order valence-corrected chi connectivity index (χ3v) is 3.46. The van der Waals surface area contributed by atoms with E-state index in [0.717, 1.165) is 16.3 Å². The molecular weight excluding hydrogens is 275 g/mol. The van der Waals surface area contributed by atoms with E-state index in [4.69, 9.17) is 6.42 Å². The zero-order chi connectivity index (χ0) is 15.5. The van der Waals surface area contributed by atoms with Crippen LogP contribution in [0.5, 0.6) is 0 Å². The van der Waals surface area contributed by atoms with E-state index in [-0.39, 0.29) is 6.42 Å². The quantitative estimate of drug-likeness (QED) is 0.821. The Morgan fingerprint density at radius 2 is 1.81 bits per heavy atom. The van der Waals surface area contributed by atoms with Gasteiger partial charge in [0.1, 0.15) is 6.04 Å². The Hall–Kier alpha value is -1.99. The number of rotatable bonds is 4. The molecule has 2 rings (SSSR count). The van der Waals surface area contributed by atoms with Crippen LogP contribution in [0.4, 0.5) is 13.2 Å². The molecule has 110 valence electrons. The molecular formula is C17H16F3N. The zero-order valence-electron chi connectivity index (χ0n) is 11.6. The molecule has 1 N–H and O–H groups in total. The van der Waals surface area contributed by atoms with E-state index >= 15 is 0 Å². The lowest BCUT2D eigenvalue weighted by Gasteiger charge is -2.25. The second-order valence-electron chi connectivity index (χ2n) is 4.96. The number of benzene rings is 2. The summed E-state index contributed by atoms with van der Waals surface area (Å²) in [5.74, 6) is 2.09. The fraction of sp³-hybridized carbons (Fsp3) is 0.294. The molecule has 0 saturated carbocycles. The predicted octanol–water partition coefficient (Wildman–Crippen LogP) is 4.44. The van der Waals surface area contributed by atoms with Crippen molar-refractivity contribution in [3.63, 3.8) is 0 Å². The van der Waals surface area contributed by atoms with E-state index in [0.29, 0.717) is 0 Å². The van der Waals surface area contributed by atoms with Crippen molar-refractivity contribution < 1.29 is 13.2 Å². The van der Waals surface area contributed by atoms with Gasteiger partial charge in [-0.25, -0.2) is 0 Å². The molecule has 0 heterocycles. The summed E-state index contributed by atoms with van der Waals surface area (Å²) in [6.45, 7) is 1.72. The summed E-state index contributed by atoms with van der Waals surface area (Å²) in [6.07, 6.45) is 0.309. The van der Waals surface area contributed by atoms with Crippen molar-refractivity contribution in [1.29, 1.82) is 0 Å². The molecule has 4 heteroatoms. The van der Waals surface area contributed by atoms with Crippen molar-refractivity contribution in [2.75, 3.05) is 0 Å². The lowest BCUT2D eigenvalue weighted by atomic mass is 9.99. The van der Waals surface area contributed by atoms with E-state index in [1.165, 1.54) is 0 Å². The Labute approximate surface area is 122 Å². The second-order valence-corrected chi connectivity index (χ2v) is 4.96. The number of hydrogen-bond donors (Lipinski definition) is 1. The van der Waals surface area contributed by atoms with Gasteiger partial charge in [-0.15, -0.1) is 12.3 Å². The Kier molecular flexibility index (Phi) is 4.54. The van der Waals surface area contributed by atoms with Crippen LogP contribution < -0.4 is 5.32 Å². The molecule has 1 unspecified atom stereocenters. The summed E-state index contributed by atoms with van der Waals surface area (Å²) in [4.78, 5) is 0. The predicted molar refractivity (Wildman–Crippen MR) is 78.8 cm³/mol. The molecule has 2 aromatic rings. The molecule has 0 amide bonds. The number of hydrogen-bond acceptors (Lipinski definition) is 1. The molecule has 0 aliphatic carbocycles. The first kappa shape index (κ1) is 15.4. The largest absolute Gasteiger partial charge is 0.404 e. The van der Waals surface area contributed by atoms with Gasteiger partial charge in [0.05, 0.1) is 0 Å². The van der Waals surface area contributed by atoms with E-state index in [9.17, 15) is 13.2 Å². The fourth-order valence-corrected chi connectivity index (χ4v) is 2.41. The molecule has 0 spiro atoms. The van der Waals surface area contributed by atoms with Crippen LogP contribution in [0.15, 0.2) is 42.5 Å². The first-order valence-corrected chi connectivity index (χ1v) is 6.67. The van der Waals surface area contributed by atoms with Crippen molar-refractivity contribution in [3.8, 4) is 12.3 Å². The normalized spacial score (nSPS) is 14.6. The summed E-state index contributed by atoms with van der Waals surface area (Å²) in [6, 6.07) is 11.1. The van der Waals surface area contributed by atoms with Gasteiger partial charge in [-0.3, -0.25) is 5.32 Å². The Balaban J connectivity index is 2.30.